The highest BCUT2D eigenvalue weighted by Crippen LogP contribution is 2.42. The van der Waals surface area contributed by atoms with Crippen LogP contribution < -0.4 is 16.4 Å². The van der Waals surface area contributed by atoms with Gasteiger partial charge in [0, 0.05) is 36.0 Å². The van der Waals surface area contributed by atoms with Gasteiger partial charge >= 0.3 is 0 Å². The van der Waals surface area contributed by atoms with E-state index in [0.717, 1.165) is 35.5 Å². The first-order valence-electron chi connectivity index (χ1n) is 8.84. The zero-order chi connectivity index (χ0) is 18.6. The van der Waals surface area contributed by atoms with Crippen LogP contribution in [0.25, 0.3) is 11.3 Å². The first kappa shape index (κ1) is 17.0. The van der Waals surface area contributed by atoms with Gasteiger partial charge in [0.25, 0.3) is 0 Å². The van der Waals surface area contributed by atoms with Crippen molar-refractivity contribution in [3.63, 3.8) is 0 Å². The van der Waals surface area contributed by atoms with Crippen LogP contribution >= 0.6 is 0 Å². The van der Waals surface area contributed by atoms with E-state index in [0.29, 0.717) is 24.2 Å². The van der Waals surface area contributed by atoms with Crippen molar-refractivity contribution in [2.45, 2.75) is 25.2 Å². The number of aromatic nitrogens is 3. The number of primary amides is 1. The smallest absolute Gasteiger partial charge is 0.229 e. The third-order valence-corrected chi connectivity index (χ3v) is 4.33. The van der Waals surface area contributed by atoms with E-state index in [1.165, 1.54) is 6.39 Å². The van der Waals surface area contributed by atoms with E-state index >= 15 is 0 Å². The second kappa shape index (κ2) is 7.45. The summed E-state index contributed by atoms with van der Waals surface area (Å²) in [6, 6.07) is 7.74. The number of nitrogens with zero attached hydrogens (tertiary/aromatic N) is 3. The Kier molecular flexibility index (Phi) is 4.69. The van der Waals surface area contributed by atoms with E-state index in [9.17, 15) is 4.79 Å². The molecule has 0 atom stereocenters. The molecule has 1 aliphatic carbocycles. The lowest BCUT2D eigenvalue weighted by molar-refractivity contribution is -0.117. The molecule has 27 heavy (non-hydrogen) atoms. The van der Waals surface area contributed by atoms with Crippen LogP contribution in [0.15, 0.2) is 47.5 Å². The molecule has 0 bridgehead atoms. The summed E-state index contributed by atoms with van der Waals surface area (Å²) in [5, 5.41) is 6.43. The van der Waals surface area contributed by atoms with Crippen LogP contribution in [0.3, 0.4) is 0 Å². The molecule has 2 heterocycles. The molecule has 1 amide bonds. The summed E-state index contributed by atoms with van der Waals surface area (Å²) in [7, 11) is 0. The van der Waals surface area contributed by atoms with Crippen molar-refractivity contribution < 1.29 is 9.21 Å². The van der Waals surface area contributed by atoms with Crippen molar-refractivity contribution in [2.24, 2.45) is 5.73 Å². The normalized spacial score (nSPS) is 13.3. The van der Waals surface area contributed by atoms with Crippen LogP contribution in [-0.2, 0) is 4.79 Å². The van der Waals surface area contributed by atoms with Crippen LogP contribution in [-0.4, -0.2) is 27.4 Å². The highest BCUT2D eigenvalue weighted by atomic mass is 16.3. The molecule has 1 aromatic carbocycles. The number of rotatable bonds is 8. The largest absolute Gasteiger partial charge is 0.444 e. The number of hydrogen-bond acceptors (Lipinski definition) is 7. The summed E-state index contributed by atoms with van der Waals surface area (Å²) in [6.45, 7) is 0.451. The van der Waals surface area contributed by atoms with Gasteiger partial charge in [-0.25, -0.2) is 9.97 Å². The number of benzene rings is 1. The minimum absolute atomic E-state index is 0.260. The standard InChI is InChI=1S/C19H20N6O2/c20-17(26)6-7-22-18-15(12-4-5-12)9-23-19(25-18)24-14-3-1-2-13(8-14)16-10-21-11-27-16/h1-3,8-12H,4-7H2,(H2,20,26)(H2,22,23,24,25). The van der Waals surface area contributed by atoms with E-state index < -0.39 is 0 Å². The van der Waals surface area contributed by atoms with Gasteiger partial charge in [-0.15, -0.1) is 0 Å². The number of hydrogen-bond donors (Lipinski definition) is 3. The van der Waals surface area contributed by atoms with Crippen molar-refractivity contribution in [2.75, 3.05) is 17.2 Å². The summed E-state index contributed by atoms with van der Waals surface area (Å²) in [6.07, 6.45) is 7.45. The maximum absolute atomic E-state index is 11.0. The Morgan fingerprint density at radius 2 is 2.19 bits per heavy atom. The third-order valence-electron chi connectivity index (χ3n) is 4.33. The average Bonchev–Trinajstić information content (AvgIpc) is 3.35. The van der Waals surface area contributed by atoms with Gasteiger partial charge in [-0.1, -0.05) is 12.1 Å². The number of nitrogens with two attached hydrogens (primary N) is 1. The fraction of sp³-hybridized carbons (Fsp3) is 0.263. The molecule has 1 saturated carbocycles. The van der Waals surface area contributed by atoms with Crippen LogP contribution in [0.2, 0.25) is 0 Å². The molecule has 138 valence electrons. The monoisotopic (exact) mass is 364 g/mol. The van der Waals surface area contributed by atoms with Gasteiger partial charge in [0.2, 0.25) is 11.9 Å². The topological polar surface area (TPSA) is 119 Å². The molecule has 1 aliphatic rings. The lowest BCUT2D eigenvalue weighted by Gasteiger charge is -2.12. The lowest BCUT2D eigenvalue weighted by atomic mass is 10.1. The highest BCUT2D eigenvalue weighted by molar-refractivity contribution is 5.74. The van der Waals surface area contributed by atoms with E-state index in [1.807, 2.05) is 30.5 Å². The molecule has 4 rings (SSSR count). The summed E-state index contributed by atoms with van der Waals surface area (Å²) in [5.41, 5.74) is 8.05. The Morgan fingerprint density at radius 1 is 1.30 bits per heavy atom. The van der Waals surface area contributed by atoms with Gasteiger partial charge in [-0.3, -0.25) is 4.79 Å². The molecule has 3 aromatic rings. The summed E-state index contributed by atoms with van der Waals surface area (Å²) in [4.78, 5) is 24.0. The number of amides is 1. The summed E-state index contributed by atoms with van der Waals surface area (Å²) >= 11 is 0. The van der Waals surface area contributed by atoms with E-state index in [1.54, 1.807) is 6.20 Å². The van der Waals surface area contributed by atoms with Crippen molar-refractivity contribution in [1.29, 1.82) is 0 Å². The second-order valence-electron chi connectivity index (χ2n) is 6.49. The van der Waals surface area contributed by atoms with Gasteiger partial charge in [0.1, 0.15) is 5.82 Å². The Hall–Kier alpha value is -3.42. The molecule has 0 spiro atoms. The van der Waals surface area contributed by atoms with Crippen LogP contribution in [0.5, 0.6) is 0 Å². The predicted octanol–water partition coefficient (Wildman–Crippen LogP) is 3.04. The van der Waals surface area contributed by atoms with Crippen molar-refractivity contribution >= 4 is 23.4 Å². The van der Waals surface area contributed by atoms with Crippen LogP contribution in [0.1, 0.15) is 30.7 Å². The van der Waals surface area contributed by atoms with Crippen molar-refractivity contribution in [3.05, 3.63) is 48.6 Å². The number of nitrogens with one attached hydrogen (secondary N) is 2. The first-order valence-corrected chi connectivity index (χ1v) is 8.84. The van der Waals surface area contributed by atoms with Gasteiger partial charge in [0.05, 0.1) is 6.20 Å². The predicted molar refractivity (Wildman–Crippen MR) is 102 cm³/mol. The van der Waals surface area contributed by atoms with Crippen LogP contribution in [0, 0.1) is 0 Å². The quantitative estimate of drug-likeness (QED) is 0.562. The fourth-order valence-electron chi connectivity index (χ4n) is 2.83. The maximum atomic E-state index is 11.0. The molecule has 0 radical (unpaired) electrons. The fourth-order valence-corrected chi connectivity index (χ4v) is 2.83. The number of anilines is 3. The molecule has 2 aromatic heterocycles. The zero-order valence-corrected chi connectivity index (χ0v) is 14.7. The van der Waals surface area contributed by atoms with Crippen molar-refractivity contribution in [3.8, 4) is 11.3 Å². The number of carbonyl (C=O) groups is 1. The number of oxazole rings is 1. The minimum Gasteiger partial charge on any atom is -0.444 e. The third kappa shape index (κ3) is 4.22. The molecule has 1 fully saturated rings. The minimum atomic E-state index is -0.341. The molecule has 4 N–H and O–H groups in total. The second-order valence-corrected chi connectivity index (χ2v) is 6.49. The summed E-state index contributed by atoms with van der Waals surface area (Å²) in [5.74, 6) is 2.08. The highest BCUT2D eigenvalue weighted by Gasteiger charge is 2.27. The Balaban J connectivity index is 1.53. The van der Waals surface area contributed by atoms with Crippen molar-refractivity contribution in [1.82, 2.24) is 15.0 Å². The maximum Gasteiger partial charge on any atom is 0.229 e. The van der Waals surface area contributed by atoms with Gasteiger partial charge in [-0.05, 0) is 30.9 Å². The lowest BCUT2D eigenvalue weighted by Crippen LogP contribution is -2.17. The Bertz CT molecular complexity index is 937. The van der Waals surface area contributed by atoms with E-state index in [4.69, 9.17) is 10.2 Å². The Labute approximate surface area is 156 Å². The molecular weight excluding hydrogens is 344 g/mol. The van der Waals surface area contributed by atoms with Gasteiger partial charge in [0.15, 0.2) is 12.2 Å². The SMILES string of the molecule is NC(=O)CCNc1nc(Nc2cccc(-c3cnco3)c2)ncc1C1CC1. The molecule has 8 heteroatoms. The average molecular weight is 364 g/mol. The summed E-state index contributed by atoms with van der Waals surface area (Å²) < 4.78 is 5.34. The first-order chi connectivity index (χ1) is 13.2. The molecule has 8 nitrogen and oxygen atoms in total. The molecular formula is C19H20N6O2. The molecule has 0 unspecified atom stereocenters. The molecule has 0 aliphatic heterocycles. The number of carbonyl (C=O) groups excluding carboxylic acids is 1. The van der Waals surface area contributed by atoms with Gasteiger partial charge in [-0.2, -0.15) is 4.98 Å². The van der Waals surface area contributed by atoms with E-state index in [2.05, 4.69) is 25.6 Å². The van der Waals surface area contributed by atoms with Gasteiger partial charge < -0.3 is 20.8 Å². The van der Waals surface area contributed by atoms with Crippen LogP contribution in [0.4, 0.5) is 17.5 Å². The Morgan fingerprint density at radius 3 is 2.93 bits per heavy atom. The molecule has 0 saturated heterocycles. The zero-order valence-electron chi connectivity index (χ0n) is 14.7. The van der Waals surface area contributed by atoms with E-state index in [-0.39, 0.29) is 12.3 Å².